The number of fused-ring (bicyclic) bond motifs is 1. The lowest BCUT2D eigenvalue weighted by atomic mass is 10.0. The molecule has 2 unspecified atom stereocenters. The van der Waals surface area contributed by atoms with Crippen LogP contribution in [0.1, 0.15) is 32.2 Å². The van der Waals surface area contributed by atoms with Crippen LogP contribution in [0.5, 0.6) is 0 Å². The van der Waals surface area contributed by atoms with Gasteiger partial charge in [-0.3, -0.25) is 10.1 Å². The van der Waals surface area contributed by atoms with Crippen LogP contribution in [-0.4, -0.2) is 39.9 Å². The number of hydrogen-bond acceptors (Lipinski definition) is 3. The molecule has 0 bridgehead atoms. The van der Waals surface area contributed by atoms with Gasteiger partial charge in [0.1, 0.15) is 0 Å². The second-order valence-corrected chi connectivity index (χ2v) is 5.40. The van der Waals surface area contributed by atoms with E-state index >= 15 is 0 Å². The van der Waals surface area contributed by atoms with Gasteiger partial charge in [-0.05, 0) is 12.8 Å². The number of aromatic nitrogens is 2. The van der Waals surface area contributed by atoms with Crippen LogP contribution < -0.4 is 5.32 Å². The molecule has 1 amide bonds. The predicted molar refractivity (Wildman–Crippen MR) is 70.0 cm³/mol. The van der Waals surface area contributed by atoms with Crippen molar-refractivity contribution in [1.29, 1.82) is 0 Å². The average molecular weight is 250 g/mol. The molecule has 0 fully saturated rings. The van der Waals surface area contributed by atoms with Crippen molar-refractivity contribution in [2.24, 2.45) is 5.92 Å². The Kier molecular flexibility index (Phi) is 3.71. The van der Waals surface area contributed by atoms with Gasteiger partial charge in [-0.2, -0.15) is 0 Å². The molecule has 0 aromatic carbocycles. The van der Waals surface area contributed by atoms with E-state index in [1.165, 1.54) is 0 Å². The van der Waals surface area contributed by atoms with Gasteiger partial charge < -0.3 is 9.88 Å². The molecule has 0 saturated heterocycles. The minimum absolute atomic E-state index is 0.146. The molecular weight excluding hydrogens is 228 g/mol. The number of amides is 1. The van der Waals surface area contributed by atoms with Crippen LogP contribution in [0.25, 0.3) is 0 Å². The van der Waals surface area contributed by atoms with Crippen LogP contribution in [0, 0.1) is 5.92 Å². The number of rotatable bonds is 3. The van der Waals surface area contributed by atoms with E-state index in [4.69, 9.17) is 0 Å². The van der Waals surface area contributed by atoms with Gasteiger partial charge in [0.05, 0.1) is 23.8 Å². The zero-order valence-corrected chi connectivity index (χ0v) is 11.5. The van der Waals surface area contributed by atoms with E-state index in [0.29, 0.717) is 18.9 Å². The number of nitrogens with zero attached hydrogens (tertiary/aromatic N) is 2. The lowest BCUT2D eigenvalue weighted by molar-refractivity contribution is -0.134. The van der Waals surface area contributed by atoms with Gasteiger partial charge >= 0.3 is 0 Å². The molecule has 5 nitrogen and oxygen atoms in total. The highest BCUT2D eigenvalue weighted by molar-refractivity contribution is 5.82. The van der Waals surface area contributed by atoms with Crippen LogP contribution in [0.2, 0.25) is 0 Å². The normalized spacial score (nSPS) is 20.6. The van der Waals surface area contributed by atoms with Crippen LogP contribution in [-0.2, 0) is 17.8 Å². The Morgan fingerprint density at radius 2 is 2.22 bits per heavy atom. The molecule has 0 spiro atoms. The largest absolute Gasteiger partial charge is 0.347 e. The molecule has 0 saturated carbocycles. The number of nitrogens with one attached hydrogen (secondary N) is 2. The third kappa shape index (κ3) is 2.41. The Bertz CT molecular complexity index is 426. The summed E-state index contributed by atoms with van der Waals surface area (Å²) in [6.07, 6.45) is 2.37. The summed E-state index contributed by atoms with van der Waals surface area (Å²) in [6, 6.07) is 0.104. The number of carbonyl (C=O) groups is 1. The number of carbonyl (C=O) groups excluding carboxylic acids is 1. The highest BCUT2D eigenvalue weighted by atomic mass is 16.2. The van der Waals surface area contributed by atoms with Crippen molar-refractivity contribution in [3.8, 4) is 0 Å². The van der Waals surface area contributed by atoms with E-state index in [0.717, 1.165) is 11.4 Å². The average Bonchev–Trinajstić information content (AvgIpc) is 2.82. The van der Waals surface area contributed by atoms with Gasteiger partial charge in [-0.25, -0.2) is 4.98 Å². The molecule has 2 heterocycles. The summed E-state index contributed by atoms with van der Waals surface area (Å²) < 4.78 is 0. The topological polar surface area (TPSA) is 61.0 Å². The predicted octanol–water partition coefficient (Wildman–Crippen LogP) is 0.927. The fraction of sp³-hybridized carbons (Fsp3) is 0.692. The van der Waals surface area contributed by atoms with Gasteiger partial charge in [-0.1, -0.05) is 13.8 Å². The maximum atomic E-state index is 12.4. The standard InChI is InChI=1S/C13H22N4O/c1-8(2)9(3)17(4)13(18)11-5-10-12(6-14-11)16-7-15-10/h7-9,11,14H,5-6H2,1-4H3,(H,15,16). The molecule has 0 aliphatic carbocycles. The fourth-order valence-corrected chi connectivity index (χ4v) is 2.24. The zero-order valence-electron chi connectivity index (χ0n) is 11.5. The van der Waals surface area contributed by atoms with Crippen LogP contribution in [0.15, 0.2) is 6.33 Å². The summed E-state index contributed by atoms with van der Waals surface area (Å²) in [4.78, 5) is 21.6. The van der Waals surface area contributed by atoms with Gasteiger partial charge in [0.2, 0.25) is 5.91 Å². The highest BCUT2D eigenvalue weighted by Gasteiger charge is 2.30. The summed E-state index contributed by atoms with van der Waals surface area (Å²) in [6.45, 7) is 7.05. The Labute approximate surface area is 108 Å². The first-order valence-corrected chi connectivity index (χ1v) is 6.52. The van der Waals surface area contributed by atoms with E-state index in [1.807, 2.05) is 11.9 Å². The van der Waals surface area contributed by atoms with Crippen molar-refractivity contribution in [3.63, 3.8) is 0 Å². The van der Waals surface area contributed by atoms with Crippen molar-refractivity contribution in [2.45, 2.75) is 45.8 Å². The van der Waals surface area contributed by atoms with E-state index in [1.54, 1.807) is 6.33 Å². The zero-order chi connectivity index (χ0) is 13.3. The quantitative estimate of drug-likeness (QED) is 0.839. The van der Waals surface area contributed by atoms with E-state index in [2.05, 4.69) is 36.1 Å². The van der Waals surface area contributed by atoms with Gasteiger partial charge in [-0.15, -0.1) is 0 Å². The van der Waals surface area contributed by atoms with Crippen LogP contribution in [0.3, 0.4) is 0 Å². The SMILES string of the molecule is CC(C)C(C)N(C)C(=O)C1Cc2nc[nH]c2CN1. The highest BCUT2D eigenvalue weighted by Crippen LogP contribution is 2.16. The molecule has 1 aromatic rings. The lowest BCUT2D eigenvalue weighted by Crippen LogP contribution is -2.51. The number of H-pyrrole nitrogens is 1. The molecule has 1 aliphatic rings. The monoisotopic (exact) mass is 250 g/mol. The Hall–Kier alpha value is -1.36. The molecule has 2 N–H and O–H groups in total. The number of imidazole rings is 1. The Balaban J connectivity index is 2.03. The van der Waals surface area contributed by atoms with Crippen molar-refractivity contribution in [3.05, 3.63) is 17.7 Å². The maximum Gasteiger partial charge on any atom is 0.240 e. The van der Waals surface area contributed by atoms with E-state index < -0.39 is 0 Å². The second-order valence-electron chi connectivity index (χ2n) is 5.40. The first kappa shape index (κ1) is 13.1. The van der Waals surface area contributed by atoms with Crippen molar-refractivity contribution in [1.82, 2.24) is 20.2 Å². The summed E-state index contributed by atoms with van der Waals surface area (Å²) in [5.74, 6) is 0.619. The number of aromatic amines is 1. The van der Waals surface area contributed by atoms with Gasteiger partial charge in [0.15, 0.2) is 0 Å². The minimum Gasteiger partial charge on any atom is -0.347 e. The number of hydrogen-bond donors (Lipinski definition) is 2. The van der Waals surface area contributed by atoms with Crippen molar-refractivity contribution < 1.29 is 4.79 Å². The van der Waals surface area contributed by atoms with Crippen LogP contribution in [0.4, 0.5) is 0 Å². The third-order valence-electron chi connectivity index (χ3n) is 3.95. The summed E-state index contributed by atoms with van der Waals surface area (Å²) in [7, 11) is 1.88. The lowest BCUT2D eigenvalue weighted by Gasteiger charge is -2.32. The Morgan fingerprint density at radius 1 is 1.50 bits per heavy atom. The Morgan fingerprint density at radius 3 is 2.89 bits per heavy atom. The fourth-order valence-electron chi connectivity index (χ4n) is 2.24. The van der Waals surface area contributed by atoms with Crippen molar-refractivity contribution >= 4 is 5.91 Å². The summed E-state index contributed by atoms with van der Waals surface area (Å²) in [5.41, 5.74) is 2.11. The minimum atomic E-state index is -0.146. The van der Waals surface area contributed by atoms with E-state index in [9.17, 15) is 4.79 Å². The van der Waals surface area contributed by atoms with E-state index in [-0.39, 0.29) is 18.0 Å². The maximum absolute atomic E-state index is 12.4. The molecule has 18 heavy (non-hydrogen) atoms. The molecule has 1 aliphatic heterocycles. The van der Waals surface area contributed by atoms with Crippen molar-refractivity contribution in [2.75, 3.05) is 7.05 Å². The molecule has 2 rings (SSSR count). The molecule has 5 heteroatoms. The number of likely N-dealkylation sites (N-methyl/N-ethyl adjacent to an activating group) is 1. The second kappa shape index (κ2) is 5.10. The summed E-state index contributed by atoms with van der Waals surface area (Å²) in [5, 5.41) is 3.27. The first-order chi connectivity index (χ1) is 8.50. The summed E-state index contributed by atoms with van der Waals surface area (Å²) >= 11 is 0. The van der Waals surface area contributed by atoms with Gasteiger partial charge in [0, 0.05) is 26.1 Å². The smallest absolute Gasteiger partial charge is 0.240 e. The van der Waals surface area contributed by atoms with Gasteiger partial charge in [0.25, 0.3) is 0 Å². The van der Waals surface area contributed by atoms with Crippen LogP contribution >= 0.6 is 0 Å². The molecule has 1 aromatic heterocycles. The molecular formula is C13H22N4O. The third-order valence-corrected chi connectivity index (χ3v) is 3.95. The molecule has 0 radical (unpaired) electrons. The molecule has 2 atom stereocenters. The molecule has 100 valence electrons. The first-order valence-electron chi connectivity index (χ1n) is 6.52.